The van der Waals surface area contributed by atoms with Crippen molar-refractivity contribution in [3.05, 3.63) is 40.9 Å². The van der Waals surface area contributed by atoms with E-state index in [0.717, 1.165) is 6.20 Å². The van der Waals surface area contributed by atoms with Crippen molar-refractivity contribution in [3.8, 4) is 0 Å². The third-order valence-corrected chi connectivity index (χ3v) is 2.42. The van der Waals surface area contributed by atoms with E-state index in [2.05, 4.69) is 20.0 Å². The van der Waals surface area contributed by atoms with Crippen LogP contribution in [0.2, 0.25) is 0 Å². The van der Waals surface area contributed by atoms with E-state index in [4.69, 9.17) is 5.84 Å². The van der Waals surface area contributed by atoms with Gasteiger partial charge in [0.15, 0.2) is 0 Å². The van der Waals surface area contributed by atoms with E-state index in [0.29, 0.717) is 11.3 Å². The molecule has 0 fully saturated rings. The zero-order chi connectivity index (χ0) is 10.7. The summed E-state index contributed by atoms with van der Waals surface area (Å²) < 4.78 is 16.7. The van der Waals surface area contributed by atoms with Crippen LogP contribution in [-0.2, 0) is 0 Å². The van der Waals surface area contributed by atoms with Gasteiger partial charge in [0, 0.05) is 11.6 Å². The van der Waals surface area contributed by atoms with Gasteiger partial charge in [-0.2, -0.15) is 0 Å². The minimum Gasteiger partial charge on any atom is -0.271 e. The highest BCUT2D eigenvalue weighted by Gasteiger charge is 2.15. The maximum atomic E-state index is 12.9. The molecule has 15 heavy (non-hydrogen) atoms. The van der Waals surface area contributed by atoms with Crippen LogP contribution in [0.1, 0.15) is 17.3 Å². The molecular weight excluding hydrogens is 217 g/mol. The molecule has 5 nitrogen and oxygen atoms in total. The highest BCUT2D eigenvalue weighted by Crippen LogP contribution is 2.19. The fourth-order valence-corrected chi connectivity index (χ4v) is 1.72. The second-order valence-electron chi connectivity index (χ2n) is 2.87. The maximum absolute atomic E-state index is 12.9. The average molecular weight is 225 g/mol. The van der Waals surface area contributed by atoms with E-state index in [1.54, 1.807) is 5.38 Å². The number of halogens is 1. The van der Waals surface area contributed by atoms with E-state index in [1.165, 1.54) is 23.8 Å². The molecule has 0 radical (unpaired) electrons. The molecule has 0 aromatic carbocycles. The van der Waals surface area contributed by atoms with Crippen molar-refractivity contribution in [2.75, 3.05) is 0 Å². The minimum atomic E-state index is -0.407. The zero-order valence-electron chi connectivity index (χ0n) is 7.59. The van der Waals surface area contributed by atoms with Gasteiger partial charge in [0.05, 0.1) is 17.9 Å². The summed E-state index contributed by atoms with van der Waals surface area (Å²) in [5.74, 6) is 4.98. The molecule has 1 atom stereocenters. The van der Waals surface area contributed by atoms with Crippen molar-refractivity contribution >= 4 is 11.5 Å². The maximum Gasteiger partial charge on any atom is 0.141 e. The number of rotatable bonds is 3. The van der Waals surface area contributed by atoms with E-state index < -0.39 is 5.82 Å². The van der Waals surface area contributed by atoms with Gasteiger partial charge in [-0.3, -0.25) is 10.8 Å². The monoisotopic (exact) mass is 225 g/mol. The lowest BCUT2D eigenvalue weighted by molar-refractivity contribution is 0.590. The number of nitrogens with two attached hydrogens (primary N) is 1. The van der Waals surface area contributed by atoms with Crippen LogP contribution in [0.5, 0.6) is 0 Å². The molecule has 78 valence electrons. The first-order chi connectivity index (χ1) is 7.31. The summed E-state index contributed by atoms with van der Waals surface area (Å²) >= 11 is 1.21. The summed E-state index contributed by atoms with van der Waals surface area (Å²) in [6, 6.07) is 0.976. The fourth-order valence-electron chi connectivity index (χ4n) is 1.24. The predicted molar refractivity (Wildman–Crippen MR) is 53.3 cm³/mol. The van der Waals surface area contributed by atoms with Crippen LogP contribution in [0.3, 0.4) is 0 Å². The van der Waals surface area contributed by atoms with Crippen LogP contribution in [0.15, 0.2) is 23.8 Å². The first-order valence-electron chi connectivity index (χ1n) is 4.15. The highest BCUT2D eigenvalue weighted by atomic mass is 32.1. The van der Waals surface area contributed by atoms with Crippen molar-refractivity contribution < 1.29 is 4.39 Å². The van der Waals surface area contributed by atoms with Gasteiger partial charge in [0.1, 0.15) is 5.82 Å². The largest absolute Gasteiger partial charge is 0.271 e. The Morgan fingerprint density at radius 2 is 2.33 bits per heavy atom. The minimum absolute atomic E-state index is 0.382. The molecule has 2 aromatic heterocycles. The smallest absolute Gasteiger partial charge is 0.141 e. The number of nitrogens with one attached hydrogen (secondary N) is 1. The summed E-state index contributed by atoms with van der Waals surface area (Å²) in [5, 5.41) is 5.61. The molecule has 1 unspecified atom stereocenters. The Balaban J connectivity index is 2.35. The Morgan fingerprint density at radius 3 is 2.93 bits per heavy atom. The van der Waals surface area contributed by atoms with Crippen LogP contribution in [-0.4, -0.2) is 14.6 Å². The summed E-state index contributed by atoms with van der Waals surface area (Å²) in [5.41, 5.74) is 3.81. The van der Waals surface area contributed by atoms with Gasteiger partial charge in [-0.1, -0.05) is 4.49 Å². The van der Waals surface area contributed by atoms with Gasteiger partial charge in [0.2, 0.25) is 0 Å². The van der Waals surface area contributed by atoms with Gasteiger partial charge < -0.3 is 0 Å². The lowest BCUT2D eigenvalue weighted by atomic mass is 10.1. The van der Waals surface area contributed by atoms with E-state index in [1.807, 2.05) is 0 Å². The first kappa shape index (κ1) is 10.1. The van der Waals surface area contributed by atoms with Crippen molar-refractivity contribution in [2.24, 2.45) is 5.84 Å². The van der Waals surface area contributed by atoms with Crippen molar-refractivity contribution in [3.63, 3.8) is 0 Å². The van der Waals surface area contributed by atoms with Crippen LogP contribution in [0.25, 0.3) is 0 Å². The van der Waals surface area contributed by atoms with Gasteiger partial charge >= 0.3 is 0 Å². The molecule has 0 aliphatic heterocycles. The van der Waals surface area contributed by atoms with Gasteiger partial charge in [-0.15, -0.1) is 5.10 Å². The normalized spacial score (nSPS) is 12.7. The Labute approximate surface area is 89.3 Å². The van der Waals surface area contributed by atoms with Crippen LogP contribution < -0.4 is 11.3 Å². The highest BCUT2D eigenvalue weighted by molar-refractivity contribution is 7.03. The number of hydrogen-bond donors (Lipinski definition) is 2. The molecule has 2 aromatic rings. The molecular formula is C8H8FN5S. The molecule has 0 amide bonds. The fraction of sp³-hybridized carbons (Fsp3) is 0.125. The Morgan fingerprint density at radius 1 is 1.47 bits per heavy atom. The molecule has 0 spiro atoms. The molecule has 3 N–H and O–H groups in total. The lowest BCUT2D eigenvalue weighted by Gasteiger charge is -2.12. The molecule has 0 saturated heterocycles. The number of aromatic nitrogens is 3. The quantitative estimate of drug-likeness (QED) is 0.591. The number of nitrogens with zero attached hydrogens (tertiary/aromatic N) is 3. The van der Waals surface area contributed by atoms with Gasteiger partial charge in [-0.25, -0.2) is 9.82 Å². The van der Waals surface area contributed by atoms with Gasteiger partial charge in [0.25, 0.3) is 0 Å². The van der Waals surface area contributed by atoms with Crippen molar-refractivity contribution in [1.29, 1.82) is 0 Å². The summed E-state index contributed by atoms with van der Waals surface area (Å²) in [6.07, 6.45) is 2.67. The Kier molecular flexibility index (Phi) is 2.95. The molecule has 7 heteroatoms. The SMILES string of the molecule is NNC(c1cncc(F)c1)c1csnn1. The van der Waals surface area contributed by atoms with Crippen molar-refractivity contribution in [2.45, 2.75) is 6.04 Å². The molecule has 0 aliphatic carbocycles. The standard InChI is InChI=1S/C8H8FN5S/c9-6-1-5(2-11-3-6)8(12-10)7-4-15-14-13-7/h1-4,8,12H,10H2. The van der Waals surface area contributed by atoms with E-state index in [9.17, 15) is 4.39 Å². The molecule has 0 bridgehead atoms. The zero-order valence-corrected chi connectivity index (χ0v) is 8.41. The summed E-state index contributed by atoms with van der Waals surface area (Å²) in [4.78, 5) is 3.75. The predicted octanol–water partition coefficient (Wildman–Crippen LogP) is 0.625. The topological polar surface area (TPSA) is 76.7 Å². The van der Waals surface area contributed by atoms with Crippen LogP contribution in [0, 0.1) is 5.82 Å². The van der Waals surface area contributed by atoms with Crippen LogP contribution in [0.4, 0.5) is 4.39 Å². The third kappa shape index (κ3) is 2.14. The molecule has 0 saturated carbocycles. The van der Waals surface area contributed by atoms with Crippen molar-refractivity contribution in [1.82, 2.24) is 20.0 Å². The van der Waals surface area contributed by atoms with E-state index >= 15 is 0 Å². The van der Waals surface area contributed by atoms with Crippen LogP contribution >= 0.6 is 11.5 Å². The number of hydrazine groups is 1. The molecule has 0 aliphatic rings. The second-order valence-corrected chi connectivity index (χ2v) is 3.48. The lowest BCUT2D eigenvalue weighted by Crippen LogP contribution is -2.29. The average Bonchev–Trinajstić information content (AvgIpc) is 2.72. The summed E-state index contributed by atoms with van der Waals surface area (Å²) in [7, 11) is 0. The van der Waals surface area contributed by atoms with E-state index in [-0.39, 0.29) is 6.04 Å². The third-order valence-electron chi connectivity index (χ3n) is 1.90. The Hall–Kier alpha value is -1.44. The first-order valence-corrected chi connectivity index (χ1v) is 4.98. The molecule has 2 rings (SSSR count). The Bertz CT molecular complexity index is 432. The number of hydrogen-bond acceptors (Lipinski definition) is 6. The van der Waals surface area contributed by atoms with Gasteiger partial charge in [-0.05, 0) is 23.2 Å². The molecule has 2 heterocycles. The second kappa shape index (κ2) is 4.39. The number of pyridine rings is 1. The summed E-state index contributed by atoms with van der Waals surface area (Å²) in [6.45, 7) is 0.